The molecule has 34 heavy (non-hydrogen) atoms. The average molecular weight is 475 g/mol. The topological polar surface area (TPSA) is 66.3 Å². The van der Waals surface area contributed by atoms with Gasteiger partial charge in [0.25, 0.3) is 0 Å². The van der Waals surface area contributed by atoms with Crippen molar-refractivity contribution in [3.05, 3.63) is 41.1 Å². The molecule has 1 aliphatic carbocycles. The lowest BCUT2D eigenvalue weighted by molar-refractivity contribution is -0.128. The second-order valence-corrected chi connectivity index (χ2v) is 9.44. The normalized spacial score (nSPS) is 20.5. The van der Waals surface area contributed by atoms with E-state index < -0.39 is 11.8 Å². The van der Waals surface area contributed by atoms with Gasteiger partial charge in [0.15, 0.2) is 0 Å². The molecular weight excluding hydrogens is 445 g/mol. The molecular formula is C24H29F3N6O. The second kappa shape index (κ2) is 9.05. The van der Waals surface area contributed by atoms with E-state index in [1.807, 2.05) is 41.0 Å². The van der Waals surface area contributed by atoms with Gasteiger partial charge in [-0.25, -0.2) is 18.2 Å². The maximum Gasteiger partial charge on any atom is 0.248 e. The predicted octanol–water partition coefficient (Wildman–Crippen LogP) is 3.42. The molecule has 1 saturated carbocycles. The van der Waals surface area contributed by atoms with E-state index in [2.05, 4.69) is 15.3 Å². The predicted molar refractivity (Wildman–Crippen MR) is 121 cm³/mol. The van der Waals surface area contributed by atoms with Crippen LogP contribution >= 0.6 is 0 Å². The van der Waals surface area contributed by atoms with E-state index in [4.69, 9.17) is 4.98 Å². The molecule has 2 aromatic heterocycles. The molecule has 0 spiro atoms. The zero-order chi connectivity index (χ0) is 23.9. The highest BCUT2D eigenvalue weighted by atomic mass is 19.3. The van der Waals surface area contributed by atoms with Gasteiger partial charge < -0.3 is 10.2 Å². The highest BCUT2D eigenvalue weighted by Gasteiger charge is 2.37. The summed E-state index contributed by atoms with van der Waals surface area (Å²) in [6.07, 6.45) is 3.55. The van der Waals surface area contributed by atoms with Gasteiger partial charge in [0.2, 0.25) is 11.8 Å². The van der Waals surface area contributed by atoms with Gasteiger partial charge in [-0.1, -0.05) is 6.07 Å². The number of alkyl halides is 3. The Morgan fingerprint density at radius 2 is 2.00 bits per heavy atom. The molecule has 1 amide bonds. The largest absolute Gasteiger partial charge is 0.357 e. The number of carbonyl (C=O) groups is 1. The van der Waals surface area contributed by atoms with Gasteiger partial charge in [-0.15, -0.1) is 0 Å². The number of hydrogen-bond acceptors (Lipinski definition) is 5. The van der Waals surface area contributed by atoms with Crippen molar-refractivity contribution in [2.45, 2.75) is 51.2 Å². The molecule has 1 fully saturated rings. The van der Waals surface area contributed by atoms with E-state index in [9.17, 15) is 18.0 Å². The molecule has 1 N–H and O–H groups in total. The summed E-state index contributed by atoms with van der Waals surface area (Å²) in [5.74, 6) is -2.66. The molecule has 7 nitrogen and oxygen atoms in total. The number of pyridine rings is 1. The molecule has 0 bridgehead atoms. The second-order valence-electron chi connectivity index (χ2n) is 9.44. The van der Waals surface area contributed by atoms with Crippen molar-refractivity contribution in [2.75, 3.05) is 26.8 Å². The molecule has 0 atom stereocenters. The molecule has 2 aliphatic heterocycles. The Balaban J connectivity index is 1.36. The molecule has 2 aromatic rings. The van der Waals surface area contributed by atoms with Crippen molar-refractivity contribution in [3.63, 3.8) is 0 Å². The fourth-order valence-corrected chi connectivity index (χ4v) is 4.98. The minimum Gasteiger partial charge on any atom is -0.357 e. The molecule has 4 heterocycles. The highest BCUT2D eigenvalue weighted by Crippen LogP contribution is 2.36. The maximum atomic E-state index is 13.5. The first-order chi connectivity index (χ1) is 16.3. The number of fused-ring (bicyclic) bond motifs is 2. The first-order valence-electron chi connectivity index (χ1n) is 11.8. The van der Waals surface area contributed by atoms with Gasteiger partial charge in [0.05, 0.1) is 29.8 Å². The Hall–Kier alpha value is -2.88. The van der Waals surface area contributed by atoms with Gasteiger partial charge >= 0.3 is 0 Å². The maximum absolute atomic E-state index is 13.5. The van der Waals surface area contributed by atoms with Crippen LogP contribution in [-0.4, -0.2) is 63.2 Å². The average Bonchev–Trinajstić information content (AvgIpc) is 3.23. The Kier molecular flexibility index (Phi) is 6.09. The number of carbonyl (C=O) groups excluding carboxylic acids is 1. The van der Waals surface area contributed by atoms with Crippen LogP contribution in [0.15, 0.2) is 24.2 Å². The van der Waals surface area contributed by atoms with Crippen molar-refractivity contribution < 1.29 is 18.0 Å². The van der Waals surface area contributed by atoms with Gasteiger partial charge in [-0.05, 0) is 24.5 Å². The summed E-state index contributed by atoms with van der Waals surface area (Å²) in [6.45, 7) is 2.71. The molecule has 5 rings (SSSR count). The van der Waals surface area contributed by atoms with Crippen LogP contribution in [0, 0.1) is 5.92 Å². The number of nitrogens with zero attached hydrogens (tertiary/aromatic N) is 5. The van der Waals surface area contributed by atoms with Crippen LogP contribution in [0.1, 0.15) is 42.6 Å². The van der Waals surface area contributed by atoms with Crippen molar-refractivity contribution >= 4 is 12.0 Å². The van der Waals surface area contributed by atoms with E-state index in [0.717, 1.165) is 34.8 Å². The van der Waals surface area contributed by atoms with Crippen LogP contribution in [0.2, 0.25) is 0 Å². The van der Waals surface area contributed by atoms with E-state index in [0.29, 0.717) is 32.0 Å². The standard InChI is InChI=1S/C24H29F3N6O/c1-31-14-17-2-3-19(18-13-28-33-11-10-32(9-8-25)15-21(18)33)29-20(17)12-22(31)30-23(34)16-4-6-24(26,27)7-5-16/h2-3,12-13,16H,4-11,14-15H2,1H3,(H,30,34). The van der Waals surface area contributed by atoms with Crippen LogP contribution in [0.5, 0.6) is 0 Å². The van der Waals surface area contributed by atoms with E-state index >= 15 is 0 Å². The molecule has 10 heteroatoms. The van der Waals surface area contributed by atoms with Crippen molar-refractivity contribution in [2.24, 2.45) is 5.92 Å². The van der Waals surface area contributed by atoms with Crippen molar-refractivity contribution in [3.8, 4) is 11.3 Å². The number of amides is 1. The minimum atomic E-state index is -2.66. The summed E-state index contributed by atoms with van der Waals surface area (Å²) < 4.78 is 41.7. The summed E-state index contributed by atoms with van der Waals surface area (Å²) in [7, 11) is 1.88. The van der Waals surface area contributed by atoms with Crippen LogP contribution in [-0.2, 0) is 24.4 Å². The molecule has 182 valence electrons. The Bertz CT molecular complexity index is 1100. The lowest BCUT2D eigenvalue weighted by Crippen LogP contribution is -2.40. The zero-order valence-electron chi connectivity index (χ0n) is 19.2. The highest BCUT2D eigenvalue weighted by molar-refractivity contribution is 5.81. The lowest BCUT2D eigenvalue weighted by atomic mass is 9.86. The quantitative estimate of drug-likeness (QED) is 0.720. The summed E-state index contributed by atoms with van der Waals surface area (Å²) >= 11 is 0. The smallest absolute Gasteiger partial charge is 0.248 e. The first-order valence-corrected chi connectivity index (χ1v) is 11.8. The third-order valence-corrected chi connectivity index (χ3v) is 7.07. The van der Waals surface area contributed by atoms with Gasteiger partial charge in [0.1, 0.15) is 12.5 Å². The lowest BCUT2D eigenvalue weighted by Gasteiger charge is -2.31. The van der Waals surface area contributed by atoms with Crippen LogP contribution in [0.25, 0.3) is 17.3 Å². The minimum absolute atomic E-state index is 0.195. The van der Waals surface area contributed by atoms with Gasteiger partial charge in [-0.2, -0.15) is 5.10 Å². The van der Waals surface area contributed by atoms with E-state index in [1.165, 1.54) is 0 Å². The van der Waals surface area contributed by atoms with Crippen molar-refractivity contribution in [1.29, 1.82) is 0 Å². The molecule has 0 radical (unpaired) electrons. The number of halogens is 3. The number of hydrogen-bond donors (Lipinski definition) is 1. The number of nitrogens with one attached hydrogen (secondary N) is 1. The van der Waals surface area contributed by atoms with Crippen LogP contribution in [0.3, 0.4) is 0 Å². The van der Waals surface area contributed by atoms with Crippen LogP contribution < -0.4 is 5.32 Å². The van der Waals surface area contributed by atoms with Gasteiger partial charge in [0, 0.05) is 63.6 Å². The SMILES string of the molecule is CN1Cc2ccc(-c3cnn4c3CN(CCF)CC4)nc2C=C1NC(=O)C1CCC(F)(F)CC1. The molecule has 0 saturated heterocycles. The summed E-state index contributed by atoms with van der Waals surface area (Å²) in [5.41, 5.74) is 4.52. The Morgan fingerprint density at radius 3 is 2.76 bits per heavy atom. The third kappa shape index (κ3) is 4.55. The number of rotatable bonds is 5. The summed E-state index contributed by atoms with van der Waals surface area (Å²) in [5, 5.41) is 7.43. The third-order valence-electron chi connectivity index (χ3n) is 7.07. The fraction of sp³-hybridized carbons (Fsp3) is 0.542. The molecule has 3 aliphatic rings. The van der Waals surface area contributed by atoms with E-state index in [-0.39, 0.29) is 38.3 Å². The van der Waals surface area contributed by atoms with E-state index in [1.54, 1.807) is 0 Å². The first kappa shape index (κ1) is 22.9. The summed E-state index contributed by atoms with van der Waals surface area (Å²) in [4.78, 5) is 21.6. The van der Waals surface area contributed by atoms with Crippen molar-refractivity contribution in [1.82, 2.24) is 29.9 Å². The Labute approximate surface area is 196 Å². The Morgan fingerprint density at radius 1 is 1.21 bits per heavy atom. The zero-order valence-corrected chi connectivity index (χ0v) is 19.2. The molecule has 0 unspecified atom stereocenters. The number of aromatic nitrogens is 3. The molecule has 0 aromatic carbocycles. The fourth-order valence-electron chi connectivity index (χ4n) is 4.98. The summed E-state index contributed by atoms with van der Waals surface area (Å²) in [6, 6.07) is 4.00. The van der Waals surface area contributed by atoms with Crippen LogP contribution in [0.4, 0.5) is 13.2 Å². The monoisotopic (exact) mass is 474 g/mol. The van der Waals surface area contributed by atoms with Gasteiger partial charge in [-0.3, -0.25) is 14.4 Å².